The van der Waals surface area contributed by atoms with Gasteiger partial charge in [-0.15, -0.1) is 0 Å². The van der Waals surface area contributed by atoms with E-state index in [0.29, 0.717) is 23.6 Å². The number of nitrogens with zero attached hydrogens (tertiary/aromatic N) is 1. The number of para-hydroxylation sites is 1. The second-order valence-corrected chi connectivity index (χ2v) is 9.69. The first kappa shape index (κ1) is 21.2. The topological polar surface area (TPSA) is 75.7 Å². The largest absolute Gasteiger partial charge is 0.491 e. The van der Waals surface area contributed by atoms with E-state index in [0.717, 1.165) is 22.1 Å². The summed E-state index contributed by atoms with van der Waals surface area (Å²) in [4.78, 5) is 12.7. The number of anilines is 1. The van der Waals surface area contributed by atoms with E-state index in [1.807, 2.05) is 62.4 Å². The van der Waals surface area contributed by atoms with Gasteiger partial charge in [-0.1, -0.05) is 42.5 Å². The smallest absolute Gasteiger partial charge is 0.265 e. The predicted octanol–water partition coefficient (Wildman–Crippen LogP) is 4.02. The normalized spacial score (nSPS) is 15.1. The minimum atomic E-state index is -3.58. The summed E-state index contributed by atoms with van der Waals surface area (Å²) in [5, 5.41) is 4.59. The van der Waals surface area contributed by atoms with E-state index in [-0.39, 0.29) is 24.9 Å². The van der Waals surface area contributed by atoms with Crippen LogP contribution in [0.2, 0.25) is 0 Å². The number of carbonyl (C=O) groups excluding carboxylic acids is 1. The highest BCUT2D eigenvalue weighted by molar-refractivity contribution is 7.93. The van der Waals surface area contributed by atoms with Crippen LogP contribution in [0.15, 0.2) is 65.6 Å². The molecule has 1 aliphatic rings. The molecule has 6 nitrogen and oxygen atoms in total. The number of amides is 1. The van der Waals surface area contributed by atoms with E-state index >= 15 is 0 Å². The average Bonchev–Trinajstić information content (AvgIpc) is 2.96. The molecule has 0 fully saturated rings. The molecule has 0 aromatic heterocycles. The molecule has 7 heteroatoms. The molecule has 3 aromatic rings. The van der Waals surface area contributed by atoms with Crippen LogP contribution < -0.4 is 14.4 Å². The van der Waals surface area contributed by atoms with Crippen molar-refractivity contribution >= 4 is 32.4 Å². The molecule has 1 atom stereocenters. The van der Waals surface area contributed by atoms with Gasteiger partial charge in [0.1, 0.15) is 12.4 Å². The lowest BCUT2D eigenvalue weighted by atomic mass is 10.1. The van der Waals surface area contributed by atoms with Crippen LogP contribution in [0.1, 0.15) is 25.3 Å². The molecule has 0 saturated heterocycles. The van der Waals surface area contributed by atoms with Gasteiger partial charge in [-0.25, -0.2) is 8.42 Å². The van der Waals surface area contributed by atoms with Crippen molar-refractivity contribution in [2.75, 3.05) is 17.5 Å². The van der Waals surface area contributed by atoms with Crippen LogP contribution in [0.5, 0.6) is 5.75 Å². The Labute approximate surface area is 182 Å². The Kier molecular flexibility index (Phi) is 5.87. The quantitative estimate of drug-likeness (QED) is 0.576. The number of sulfonamides is 1. The maximum atomic E-state index is 13.0. The average molecular weight is 439 g/mol. The number of ether oxygens (including phenoxy) is 1. The lowest BCUT2D eigenvalue weighted by Crippen LogP contribution is -2.37. The molecule has 31 heavy (non-hydrogen) atoms. The van der Waals surface area contributed by atoms with Gasteiger partial charge in [0.05, 0.1) is 16.6 Å². The molecular formula is C24H26N2O4S. The van der Waals surface area contributed by atoms with Crippen LogP contribution >= 0.6 is 0 Å². The van der Waals surface area contributed by atoms with Crippen molar-refractivity contribution in [3.8, 4) is 5.75 Å². The summed E-state index contributed by atoms with van der Waals surface area (Å²) in [6, 6.07) is 18.5. The lowest BCUT2D eigenvalue weighted by Gasteiger charge is -2.19. The van der Waals surface area contributed by atoms with Gasteiger partial charge in [-0.3, -0.25) is 9.10 Å². The van der Waals surface area contributed by atoms with E-state index in [2.05, 4.69) is 5.32 Å². The maximum Gasteiger partial charge on any atom is 0.265 e. The van der Waals surface area contributed by atoms with Gasteiger partial charge < -0.3 is 10.1 Å². The SMILES string of the molecule is Cc1ccccc1OC[C@@H](C)NC(=O)CCCN1c2cccc3cccc(c23)S1(=O)=O. The number of nitrogens with one attached hydrogen (secondary N) is 1. The Bertz CT molecular complexity index is 1220. The third-order valence-corrected chi connectivity index (χ3v) is 7.29. The molecule has 1 heterocycles. The van der Waals surface area contributed by atoms with E-state index < -0.39 is 10.0 Å². The molecule has 0 radical (unpaired) electrons. The van der Waals surface area contributed by atoms with Crippen molar-refractivity contribution in [2.24, 2.45) is 0 Å². The van der Waals surface area contributed by atoms with Crippen molar-refractivity contribution in [1.82, 2.24) is 5.32 Å². The van der Waals surface area contributed by atoms with E-state index in [1.165, 1.54) is 4.31 Å². The minimum Gasteiger partial charge on any atom is -0.491 e. The summed E-state index contributed by atoms with van der Waals surface area (Å²) in [6.07, 6.45) is 0.674. The molecule has 4 rings (SSSR count). The van der Waals surface area contributed by atoms with Crippen molar-refractivity contribution in [3.63, 3.8) is 0 Å². The fraction of sp³-hybridized carbons (Fsp3) is 0.292. The summed E-state index contributed by atoms with van der Waals surface area (Å²) in [5.41, 5.74) is 1.73. The number of rotatable bonds is 8. The van der Waals surface area contributed by atoms with Crippen molar-refractivity contribution in [1.29, 1.82) is 0 Å². The second kappa shape index (κ2) is 8.59. The molecule has 1 amide bonds. The first-order valence-electron chi connectivity index (χ1n) is 10.4. The van der Waals surface area contributed by atoms with Crippen molar-refractivity contribution in [2.45, 2.75) is 37.6 Å². The molecule has 0 spiro atoms. The Balaban J connectivity index is 1.31. The highest BCUT2D eigenvalue weighted by Crippen LogP contribution is 2.41. The highest BCUT2D eigenvalue weighted by atomic mass is 32.2. The summed E-state index contributed by atoms with van der Waals surface area (Å²) in [7, 11) is -3.58. The van der Waals surface area contributed by atoms with Crippen molar-refractivity contribution in [3.05, 3.63) is 66.2 Å². The van der Waals surface area contributed by atoms with E-state index in [1.54, 1.807) is 12.1 Å². The Morgan fingerprint density at radius 3 is 2.58 bits per heavy atom. The number of hydrogen-bond donors (Lipinski definition) is 1. The van der Waals surface area contributed by atoms with Gasteiger partial charge in [0.15, 0.2) is 0 Å². The lowest BCUT2D eigenvalue weighted by molar-refractivity contribution is -0.121. The molecule has 3 aromatic carbocycles. The Hall–Kier alpha value is -3.06. The van der Waals surface area contributed by atoms with Gasteiger partial charge in [0.25, 0.3) is 10.0 Å². The Morgan fingerprint density at radius 1 is 1.06 bits per heavy atom. The third kappa shape index (κ3) is 4.23. The van der Waals surface area contributed by atoms with Gasteiger partial charge in [-0.05, 0) is 49.4 Å². The second-order valence-electron chi connectivity index (χ2n) is 7.86. The van der Waals surface area contributed by atoms with Gasteiger partial charge in [0.2, 0.25) is 5.91 Å². The molecular weight excluding hydrogens is 412 g/mol. The summed E-state index contributed by atoms with van der Waals surface area (Å²) < 4.78 is 33.1. The van der Waals surface area contributed by atoms with Crippen LogP contribution in [-0.4, -0.2) is 33.5 Å². The molecule has 0 bridgehead atoms. The molecule has 162 valence electrons. The monoisotopic (exact) mass is 438 g/mol. The fourth-order valence-corrected chi connectivity index (χ4v) is 5.65. The summed E-state index contributed by atoms with van der Waals surface area (Å²) >= 11 is 0. The van der Waals surface area contributed by atoms with E-state index in [4.69, 9.17) is 4.74 Å². The van der Waals surface area contributed by atoms with Gasteiger partial charge in [0, 0.05) is 18.4 Å². The maximum absolute atomic E-state index is 13.0. The van der Waals surface area contributed by atoms with Crippen LogP contribution in [-0.2, 0) is 14.8 Å². The first-order chi connectivity index (χ1) is 14.9. The van der Waals surface area contributed by atoms with Crippen LogP contribution in [0.25, 0.3) is 10.8 Å². The van der Waals surface area contributed by atoms with Gasteiger partial charge >= 0.3 is 0 Å². The summed E-state index contributed by atoms with van der Waals surface area (Å²) in [5.74, 6) is 0.685. The Morgan fingerprint density at radius 2 is 1.81 bits per heavy atom. The molecule has 0 saturated carbocycles. The molecule has 0 unspecified atom stereocenters. The van der Waals surface area contributed by atoms with Crippen LogP contribution in [0.3, 0.4) is 0 Å². The predicted molar refractivity (Wildman–Crippen MR) is 122 cm³/mol. The standard InChI is InChI=1S/C24H26N2O4S/c1-17-8-3-4-12-21(17)30-16-18(2)25-23(27)14-7-15-26-20-11-5-9-19-10-6-13-22(24(19)20)31(26,28)29/h3-6,8-13,18H,7,14-16H2,1-2H3,(H,25,27)/t18-/m1/s1. The number of hydrogen-bond acceptors (Lipinski definition) is 4. The van der Waals surface area contributed by atoms with Crippen LogP contribution in [0.4, 0.5) is 5.69 Å². The van der Waals surface area contributed by atoms with E-state index in [9.17, 15) is 13.2 Å². The zero-order chi connectivity index (χ0) is 22.0. The highest BCUT2D eigenvalue weighted by Gasteiger charge is 2.35. The number of benzene rings is 3. The molecule has 1 aliphatic heterocycles. The zero-order valence-corrected chi connectivity index (χ0v) is 18.5. The third-order valence-electron chi connectivity index (χ3n) is 5.44. The fourth-order valence-electron chi connectivity index (χ4n) is 3.90. The molecule has 0 aliphatic carbocycles. The first-order valence-corrected chi connectivity index (χ1v) is 11.8. The molecule has 1 N–H and O–H groups in total. The number of carbonyl (C=O) groups is 1. The number of aryl methyl sites for hydroxylation is 1. The zero-order valence-electron chi connectivity index (χ0n) is 17.7. The van der Waals surface area contributed by atoms with Gasteiger partial charge in [-0.2, -0.15) is 0 Å². The van der Waals surface area contributed by atoms with Crippen LogP contribution in [0, 0.1) is 6.92 Å². The summed E-state index contributed by atoms with van der Waals surface area (Å²) in [6.45, 7) is 4.49. The minimum absolute atomic E-state index is 0.117. The van der Waals surface area contributed by atoms with Crippen molar-refractivity contribution < 1.29 is 17.9 Å².